The number of hydrogen-bond donors (Lipinski definition) is 2. The van der Waals surface area contributed by atoms with Gasteiger partial charge in [-0.1, -0.05) is 291 Å². The van der Waals surface area contributed by atoms with E-state index >= 15 is 0 Å². The summed E-state index contributed by atoms with van der Waals surface area (Å²) in [7, 11) is 0. The number of rotatable bonds is 46. The van der Waals surface area contributed by atoms with Crippen LogP contribution in [0.25, 0.3) is 0 Å². The maximum absolute atomic E-state index is 7.45. The number of nitrogens with two attached hydrogens (primary N) is 2. The van der Waals surface area contributed by atoms with Crippen LogP contribution in [0.4, 0.5) is 0 Å². The Hall–Kier alpha value is -0.0800. The van der Waals surface area contributed by atoms with E-state index in [9.17, 15) is 0 Å². The van der Waals surface area contributed by atoms with Gasteiger partial charge in [0, 0.05) is 5.41 Å². The first-order valence-electron chi connectivity index (χ1n) is 25.6. The molecule has 0 spiro atoms. The number of hydrogen-bond acceptors (Lipinski definition) is 2. The molecule has 0 aliphatic heterocycles. The van der Waals surface area contributed by atoms with E-state index in [1.165, 1.54) is 283 Å². The Balaban J connectivity index is 5.21. The fourth-order valence-corrected chi connectivity index (χ4v) is 9.27. The second-order valence-corrected chi connectivity index (χ2v) is 18.4. The predicted octanol–water partition coefficient (Wildman–Crippen LogP) is 18.2. The van der Waals surface area contributed by atoms with Crippen LogP contribution in [0.2, 0.25) is 0 Å². The van der Waals surface area contributed by atoms with E-state index in [4.69, 9.17) is 11.5 Å². The smallest absolute Gasteiger partial charge is 0.0694 e. The van der Waals surface area contributed by atoms with E-state index < -0.39 is 5.66 Å². The molecule has 0 saturated carbocycles. The molecule has 0 aromatic heterocycles. The zero-order chi connectivity index (χ0) is 38.8. The molecule has 0 aromatic rings. The molecule has 0 unspecified atom stereocenters. The molecule has 0 radical (unpaired) electrons. The summed E-state index contributed by atoms with van der Waals surface area (Å²) in [6.07, 6.45) is 62.2. The fourth-order valence-electron chi connectivity index (χ4n) is 9.27. The van der Waals surface area contributed by atoms with Crippen LogP contribution in [0.15, 0.2) is 0 Å². The molecule has 2 nitrogen and oxygen atoms in total. The monoisotopic (exact) mass is 747 g/mol. The van der Waals surface area contributed by atoms with Crippen molar-refractivity contribution in [2.45, 2.75) is 322 Å². The molecule has 0 rings (SSSR count). The van der Waals surface area contributed by atoms with Gasteiger partial charge in [0.05, 0.1) is 5.66 Å². The van der Waals surface area contributed by atoms with Crippen LogP contribution in [-0.2, 0) is 0 Å². The zero-order valence-corrected chi connectivity index (χ0v) is 38.0. The Morgan fingerprint density at radius 1 is 0.208 bits per heavy atom. The van der Waals surface area contributed by atoms with Crippen LogP contribution in [0.3, 0.4) is 0 Å². The average molecular weight is 747 g/mol. The Labute approximate surface area is 338 Å². The summed E-state index contributed by atoms with van der Waals surface area (Å²) in [6.45, 7) is 9.28. The molecule has 0 fully saturated rings. The fraction of sp³-hybridized carbons (Fsp3) is 1.00. The van der Waals surface area contributed by atoms with Crippen LogP contribution in [-0.4, -0.2) is 5.66 Å². The second-order valence-electron chi connectivity index (χ2n) is 18.4. The lowest BCUT2D eigenvalue weighted by atomic mass is 9.64. The van der Waals surface area contributed by atoms with Crippen molar-refractivity contribution in [1.29, 1.82) is 0 Å². The number of unbranched alkanes of at least 4 members (excludes halogenated alkanes) is 37. The van der Waals surface area contributed by atoms with Crippen molar-refractivity contribution in [3.8, 4) is 0 Å². The Morgan fingerprint density at radius 3 is 0.547 bits per heavy atom. The Bertz CT molecular complexity index is 647. The molecule has 320 valence electrons. The van der Waals surface area contributed by atoms with Gasteiger partial charge in [0.25, 0.3) is 0 Å². The molecule has 53 heavy (non-hydrogen) atoms. The highest BCUT2D eigenvalue weighted by atomic mass is 15.0. The summed E-state index contributed by atoms with van der Waals surface area (Å²) >= 11 is 0. The standard InChI is InChI=1S/C51H106N2/c1-5-9-13-17-21-25-29-32-36-40-44-48-50(46-42-38-34-30-26-22-18-14-10-6-2,47-43-39-35-31-27-23-19-15-11-7-3)51(52,53)49-45-41-37-33-28-24-20-16-12-8-4/h5-49,52-53H2,1-4H3. The van der Waals surface area contributed by atoms with Gasteiger partial charge in [-0.05, 0) is 25.7 Å². The van der Waals surface area contributed by atoms with E-state index in [0.717, 1.165) is 6.42 Å². The van der Waals surface area contributed by atoms with E-state index in [-0.39, 0.29) is 5.41 Å². The quantitative estimate of drug-likeness (QED) is 0.0481. The lowest BCUT2D eigenvalue weighted by Crippen LogP contribution is -2.62. The van der Waals surface area contributed by atoms with Gasteiger partial charge in [-0.25, -0.2) is 0 Å². The minimum absolute atomic E-state index is 0.117. The molecule has 0 aromatic carbocycles. The first kappa shape index (κ1) is 52.9. The van der Waals surface area contributed by atoms with Crippen molar-refractivity contribution in [3.05, 3.63) is 0 Å². The van der Waals surface area contributed by atoms with Crippen LogP contribution in [0.1, 0.15) is 317 Å². The van der Waals surface area contributed by atoms with Crippen molar-refractivity contribution < 1.29 is 0 Å². The molecule has 4 N–H and O–H groups in total. The first-order valence-corrected chi connectivity index (χ1v) is 25.6. The van der Waals surface area contributed by atoms with Crippen molar-refractivity contribution in [1.82, 2.24) is 0 Å². The molecule has 0 aliphatic rings. The molecule has 0 amide bonds. The summed E-state index contributed by atoms with van der Waals surface area (Å²) in [5, 5.41) is 0. The normalized spacial score (nSPS) is 12.3. The SMILES string of the molecule is CCCCCCCCCCCCCC(CCCCCCCCCCCC)(CCCCCCCCCCCC)C(N)(N)CCCCCCCCCCCC. The maximum Gasteiger partial charge on any atom is 0.0694 e. The summed E-state index contributed by atoms with van der Waals surface area (Å²) in [4.78, 5) is 0. The van der Waals surface area contributed by atoms with E-state index in [2.05, 4.69) is 27.7 Å². The summed E-state index contributed by atoms with van der Waals surface area (Å²) < 4.78 is 0. The molecular weight excluding hydrogens is 641 g/mol. The molecule has 0 bridgehead atoms. The third kappa shape index (κ3) is 33.7. The van der Waals surface area contributed by atoms with Crippen molar-refractivity contribution in [3.63, 3.8) is 0 Å². The lowest BCUT2D eigenvalue weighted by Gasteiger charge is -2.48. The molecule has 2 heteroatoms. The van der Waals surface area contributed by atoms with Crippen LogP contribution in [0, 0.1) is 5.41 Å². The van der Waals surface area contributed by atoms with Crippen molar-refractivity contribution in [2.75, 3.05) is 0 Å². The zero-order valence-electron chi connectivity index (χ0n) is 38.0. The van der Waals surface area contributed by atoms with Gasteiger partial charge >= 0.3 is 0 Å². The topological polar surface area (TPSA) is 52.0 Å². The van der Waals surface area contributed by atoms with Gasteiger partial charge in [-0.15, -0.1) is 0 Å². The molecule has 0 saturated heterocycles. The second kappa shape index (κ2) is 41.6. The van der Waals surface area contributed by atoms with E-state index in [0.29, 0.717) is 0 Å². The minimum atomic E-state index is -0.524. The van der Waals surface area contributed by atoms with Crippen LogP contribution < -0.4 is 11.5 Å². The maximum atomic E-state index is 7.45. The van der Waals surface area contributed by atoms with Gasteiger partial charge in [0.1, 0.15) is 0 Å². The Morgan fingerprint density at radius 2 is 0.358 bits per heavy atom. The summed E-state index contributed by atoms with van der Waals surface area (Å²) in [5.41, 5.74) is 14.5. The summed E-state index contributed by atoms with van der Waals surface area (Å²) in [6, 6.07) is 0. The third-order valence-corrected chi connectivity index (χ3v) is 13.2. The molecule has 0 atom stereocenters. The highest BCUT2D eigenvalue weighted by Gasteiger charge is 2.44. The van der Waals surface area contributed by atoms with Crippen molar-refractivity contribution in [2.24, 2.45) is 16.9 Å². The van der Waals surface area contributed by atoms with Crippen molar-refractivity contribution >= 4 is 0 Å². The summed E-state index contributed by atoms with van der Waals surface area (Å²) in [5.74, 6) is 0. The van der Waals surface area contributed by atoms with Gasteiger partial charge in [-0.3, -0.25) is 0 Å². The van der Waals surface area contributed by atoms with Gasteiger partial charge in [0.15, 0.2) is 0 Å². The molecular formula is C51H106N2. The van der Waals surface area contributed by atoms with E-state index in [1.807, 2.05) is 0 Å². The predicted molar refractivity (Wildman–Crippen MR) is 244 cm³/mol. The molecule has 0 heterocycles. The minimum Gasteiger partial charge on any atom is -0.313 e. The average Bonchev–Trinajstić information content (AvgIpc) is 3.15. The van der Waals surface area contributed by atoms with Crippen LogP contribution in [0.5, 0.6) is 0 Å². The largest absolute Gasteiger partial charge is 0.313 e. The first-order chi connectivity index (χ1) is 26.0. The Kier molecular flexibility index (Phi) is 41.5. The van der Waals surface area contributed by atoms with Gasteiger partial charge in [-0.2, -0.15) is 0 Å². The molecule has 0 aliphatic carbocycles. The third-order valence-electron chi connectivity index (χ3n) is 13.2. The van der Waals surface area contributed by atoms with Crippen LogP contribution >= 0.6 is 0 Å². The highest BCUT2D eigenvalue weighted by Crippen LogP contribution is 2.45. The van der Waals surface area contributed by atoms with Gasteiger partial charge in [0.2, 0.25) is 0 Å². The lowest BCUT2D eigenvalue weighted by molar-refractivity contribution is 0.0640. The highest BCUT2D eigenvalue weighted by molar-refractivity contribution is 4.98. The van der Waals surface area contributed by atoms with E-state index in [1.54, 1.807) is 0 Å². The van der Waals surface area contributed by atoms with Gasteiger partial charge < -0.3 is 11.5 Å².